The van der Waals surface area contributed by atoms with Gasteiger partial charge in [0.05, 0.1) is 7.11 Å². The number of hydrogen-bond donors (Lipinski definition) is 1. The Morgan fingerprint density at radius 2 is 2.42 bits per heavy atom. The van der Waals surface area contributed by atoms with E-state index < -0.39 is 0 Å². The molecule has 0 amide bonds. The van der Waals surface area contributed by atoms with Crippen molar-refractivity contribution in [1.82, 2.24) is 0 Å². The van der Waals surface area contributed by atoms with Crippen LogP contribution in [0.25, 0.3) is 0 Å². The van der Waals surface area contributed by atoms with E-state index in [0.29, 0.717) is 0 Å². The minimum absolute atomic E-state index is 0.122. The Morgan fingerprint density at radius 1 is 1.75 bits per heavy atom. The molecule has 0 aromatic heterocycles. The summed E-state index contributed by atoms with van der Waals surface area (Å²) in [5, 5.41) is 0. The van der Waals surface area contributed by atoms with E-state index >= 15 is 0 Å². The lowest BCUT2D eigenvalue weighted by molar-refractivity contribution is -0.143. The fraction of sp³-hybridized carbons (Fsp3) is 0.875. The lowest BCUT2D eigenvalue weighted by atomic mass is 10.1. The molecule has 12 heavy (non-hydrogen) atoms. The molecule has 0 aromatic carbocycles. The molecular weight excluding hydrogens is 174 g/mol. The van der Waals surface area contributed by atoms with Crippen LogP contribution in [0.1, 0.15) is 19.3 Å². The largest absolute Gasteiger partial charge is 0.468 e. The second-order valence-electron chi connectivity index (χ2n) is 3.19. The van der Waals surface area contributed by atoms with E-state index in [2.05, 4.69) is 0 Å². The van der Waals surface area contributed by atoms with Crippen LogP contribution in [0.3, 0.4) is 0 Å². The fourth-order valence-electron chi connectivity index (χ4n) is 1.69. The maximum Gasteiger partial charge on any atom is 0.321 e. The van der Waals surface area contributed by atoms with Gasteiger partial charge in [0, 0.05) is 6.04 Å². The molecule has 0 aliphatic heterocycles. The molecule has 1 fully saturated rings. The number of thioether (sulfide) groups is 1. The molecule has 1 aliphatic rings. The van der Waals surface area contributed by atoms with Crippen molar-refractivity contribution in [1.29, 1.82) is 0 Å². The Kier molecular flexibility index (Phi) is 3.01. The third-order valence-electron chi connectivity index (χ3n) is 2.46. The molecule has 2 unspecified atom stereocenters. The molecule has 0 saturated heterocycles. The van der Waals surface area contributed by atoms with Gasteiger partial charge in [-0.05, 0) is 25.5 Å². The summed E-state index contributed by atoms with van der Waals surface area (Å²) < 4.78 is 4.41. The highest BCUT2D eigenvalue weighted by Crippen LogP contribution is 2.40. The molecule has 1 saturated carbocycles. The van der Waals surface area contributed by atoms with Gasteiger partial charge in [-0.25, -0.2) is 0 Å². The van der Waals surface area contributed by atoms with Crippen LogP contribution >= 0.6 is 11.8 Å². The number of nitrogens with two attached hydrogens (primary N) is 1. The average molecular weight is 189 g/mol. The predicted molar refractivity (Wildman–Crippen MR) is 50.1 cm³/mol. The summed E-state index contributed by atoms with van der Waals surface area (Å²) in [6, 6.07) is 0.163. The van der Waals surface area contributed by atoms with Crippen molar-refractivity contribution >= 4 is 17.7 Å². The lowest BCUT2D eigenvalue weighted by Crippen LogP contribution is -2.34. The van der Waals surface area contributed by atoms with E-state index in [9.17, 15) is 4.79 Å². The quantitative estimate of drug-likeness (QED) is 0.652. The van der Waals surface area contributed by atoms with E-state index in [1.54, 1.807) is 11.8 Å². The lowest BCUT2D eigenvalue weighted by Gasteiger charge is -2.23. The van der Waals surface area contributed by atoms with Crippen molar-refractivity contribution in [2.24, 2.45) is 5.73 Å². The number of rotatable bonds is 2. The molecule has 70 valence electrons. The summed E-state index contributed by atoms with van der Waals surface area (Å²) in [5.74, 6) is -0.122. The van der Waals surface area contributed by atoms with E-state index in [-0.39, 0.29) is 16.8 Å². The Balaban J connectivity index is 2.70. The summed E-state index contributed by atoms with van der Waals surface area (Å²) in [7, 11) is 1.43. The normalized spacial score (nSPS) is 35.1. The highest BCUT2D eigenvalue weighted by Gasteiger charge is 2.44. The zero-order valence-electron chi connectivity index (χ0n) is 7.50. The summed E-state index contributed by atoms with van der Waals surface area (Å²) in [5.41, 5.74) is 5.76. The van der Waals surface area contributed by atoms with Crippen LogP contribution in [0, 0.1) is 0 Å². The maximum absolute atomic E-state index is 11.4. The minimum atomic E-state index is -0.353. The van der Waals surface area contributed by atoms with E-state index in [1.807, 2.05) is 6.26 Å². The fourth-order valence-corrected chi connectivity index (χ4v) is 2.64. The first kappa shape index (κ1) is 9.86. The van der Waals surface area contributed by atoms with Crippen molar-refractivity contribution < 1.29 is 9.53 Å². The van der Waals surface area contributed by atoms with Gasteiger partial charge in [0.15, 0.2) is 0 Å². The highest BCUT2D eigenvalue weighted by atomic mass is 32.2. The average Bonchev–Trinajstić information content (AvgIpc) is 2.47. The molecule has 2 atom stereocenters. The van der Waals surface area contributed by atoms with Gasteiger partial charge < -0.3 is 10.5 Å². The summed E-state index contributed by atoms with van der Waals surface area (Å²) >= 11 is 1.56. The number of carbonyl (C=O) groups excluding carboxylic acids is 1. The van der Waals surface area contributed by atoms with Gasteiger partial charge in [0.2, 0.25) is 0 Å². The van der Waals surface area contributed by atoms with Crippen LogP contribution in [0.5, 0.6) is 0 Å². The third kappa shape index (κ3) is 1.59. The molecule has 1 rings (SSSR count). The van der Waals surface area contributed by atoms with Crippen LogP contribution < -0.4 is 5.73 Å². The number of esters is 1. The summed E-state index contributed by atoms with van der Waals surface area (Å²) in [4.78, 5) is 11.4. The monoisotopic (exact) mass is 189 g/mol. The van der Waals surface area contributed by atoms with Crippen molar-refractivity contribution in [2.75, 3.05) is 13.4 Å². The van der Waals surface area contributed by atoms with Gasteiger partial charge >= 0.3 is 5.97 Å². The highest BCUT2D eigenvalue weighted by molar-refractivity contribution is 8.00. The topological polar surface area (TPSA) is 52.3 Å². The first-order valence-electron chi connectivity index (χ1n) is 4.04. The Hall–Kier alpha value is -0.220. The molecule has 4 heteroatoms. The van der Waals surface area contributed by atoms with Crippen LogP contribution in [-0.2, 0) is 9.53 Å². The molecular formula is C8H15NO2S. The number of carbonyl (C=O) groups is 1. The zero-order chi connectivity index (χ0) is 9.19. The van der Waals surface area contributed by atoms with Gasteiger partial charge in [0.1, 0.15) is 4.75 Å². The minimum Gasteiger partial charge on any atom is -0.468 e. The molecule has 1 aliphatic carbocycles. The van der Waals surface area contributed by atoms with Crippen molar-refractivity contribution in [3.05, 3.63) is 0 Å². The van der Waals surface area contributed by atoms with Gasteiger partial charge in [0.25, 0.3) is 0 Å². The Bertz CT molecular complexity index is 186. The second-order valence-corrected chi connectivity index (χ2v) is 4.38. The molecule has 0 heterocycles. The number of hydrogen-bond acceptors (Lipinski definition) is 4. The Morgan fingerprint density at radius 3 is 2.75 bits per heavy atom. The molecule has 0 aromatic rings. The standard InChI is InChI=1S/C8H15NO2S/c1-11-7(10)8(12-2)4-3-6(9)5-8/h6H,3-5,9H2,1-2H3. The molecule has 0 spiro atoms. The van der Waals surface area contributed by atoms with Crippen molar-refractivity contribution in [3.8, 4) is 0 Å². The van der Waals surface area contributed by atoms with Crippen molar-refractivity contribution in [2.45, 2.75) is 30.1 Å². The van der Waals surface area contributed by atoms with Gasteiger partial charge in [-0.15, -0.1) is 11.8 Å². The zero-order valence-corrected chi connectivity index (χ0v) is 8.32. The molecule has 0 bridgehead atoms. The predicted octanol–water partition coefficient (Wildman–Crippen LogP) is 0.772. The first-order valence-corrected chi connectivity index (χ1v) is 5.26. The van der Waals surface area contributed by atoms with Crippen LogP contribution in [0.2, 0.25) is 0 Å². The van der Waals surface area contributed by atoms with E-state index in [4.69, 9.17) is 10.5 Å². The first-order chi connectivity index (χ1) is 5.64. The molecule has 0 radical (unpaired) electrons. The number of ether oxygens (including phenoxy) is 1. The van der Waals surface area contributed by atoms with E-state index in [0.717, 1.165) is 19.3 Å². The SMILES string of the molecule is COC(=O)C1(SC)CCC(N)C1. The van der Waals surface area contributed by atoms with Crippen LogP contribution in [-0.4, -0.2) is 30.1 Å². The smallest absolute Gasteiger partial charge is 0.321 e. The molecule has 2 N–H and O–H groups in total. The summed E-state index contributed by atoms with van der Waals surface area (Å²) in [6.07, 6.45) is 4.47. The molecule has 3 nitrogen and oxygen atoms in total. The maximum atomic E-state index is 11.4. The van der Waals surface area contributed by atoms with E-state index in [1.165, 1.54) is 7.11 Å². The third-order valence-corrected chi connectivity index (χ3v) is 3.78. The van der Waals surface area contributed by atoms with Gasteiger partial charge in [-0.1, -0.05) is 0 Å². The summed E-state index contributed by atoms with van der Waals surface area (Å²) in [6.45, 7) is 0. The Labute approximate surface area is 77.0 Å². The second kappa shape index (κ2) is 3.66. The van der Waals surface area contributed by atoms with Gasteiger partial charge in [-0.2, -0.15) is 0 Å². The number of methoxy groups -OCH3 is 1. The van der Waals surface area contributed by atoms with Crippen LogP contribution in [0.4, 0.5) is 0 Å². The van der Waals surface area contributed by atoms with Crippen molar-refractivity contribution in [3.63, 3.8) is 0 Å². The van der Waals surface area contributed by atoms with Crippen LogP contribution in [0.15, 0.2) is 0 Å². The van der Waals surface area contributed by atoms with Gasteiger partial charge in [-0.3, -0.25) is 4.79 Å².